The van der Waals surface area contributed by atoms with Gasteiger partial charge in [0.1, 0.15) is 6.23 Å². The zero-order valence-electron chi connectivity index (χ0n) is 10.1. The summed E-state index contributed by atoms with van der Waals surface area (Å²) in [7, 11) is 0. The molecule has 2 aromatic rings. The molecule has 1 aliphatic rings. The Kier molecular flexibility index (Phi) is 2.47. The van der Waals surface area contributed by atoms with Crippen molar-refractivity contribution < 1.29 is 9.84 Å². The number of hydrogen-bond acceptors (Lipinski definition) is 6. The Hall–Kier alpha value is -2.13. The van der Waals surface area contributed by atoms with Crippen LogP contribution in [0.2, 0.25) is 0 Å². The molecule has 0 radical (unpaired) electrons. The Labute approximate surface area is 106 Å². The maximum absolute atomic E-state index is 11.9. The Morgan fingerprint density at radius 3 is 2.84 bits per heavy atom. The van der Waals surface area contributed by atoms with Crippen LogP contribution in [0.1, 0.15) is 19.6 Å². The zero-order chi connectivity index (χ0) is 13.7. The summed E-state index contributed by atoms with van der Waals surface area (Å²) in [4.78, 5) is 32.2. The summed E-state index contributed by atoms with van der Waals surface area (Å²) in [6, 6.07) is 0. The number of nitrogens with two attached hydrogens (primary N) is 1. The largest absolute Gasteiger partial charge is 0.390 e. The lowest BCUT2D eigenvalue weighted by atomic mass is 10.2. The number of nitrogens with zero attached hydrogens (tertiary/aromatic N) is 2. The first kappa shape index (κ1) is 11.9. The number of imidazole rings is 1. The first-order chi connectivity index (χ1) is 8.97. The first-order valence-corrected chi connectivity index (χ1v) is 5.81. The molecule has 19 heavy (non-hydrogen) atoms. The van der Waals surface area contributed by atoms with E-state index in [9.17, 15) is 14.7 Å². The molecule has 0 bridgehead atoms. The molecule has 5 N–H and O–H groups in total. The van der Waals surface area contributed by atoms with Gasteiger partial charge in [-0.05, 0) is 6.92 Å². The van der Waals surface area contributed by atoms with Gasteiger partial charge in [0.25, 0.3) is 5.56 Å². The molecule has 1 aliphatic heterocycles. The van der Waals surface area contributed by atoms with Gasteiger partial charge >= 0.3 is 5.69 Å². The quantitative estimate of drug-likeness (QED) is 0.504. The molecule has 102 valence electrons. The Balaban J connectivity index is 2.22. The van der Waals surface area contributed by atoms with Crippen LogP contribution < -0.4 is 17.0 Å². The topological polar surface area (TPSA) is 139 Å². The molecule has 3 atom stereocenters. The number of aliphatic hydroxyl groups excluding tert-OH is 1. The average Bonchev–Trinajstić information content (AvgIpc) is 2.80. The number of nitrogen functional groups attached to an aromatic ring is 1. The summed E-state index contributed by atoms with van der Waals surface area (Å²) in [5.41, 5.74) is 4.59. The number of hydrogen-bond donors (Lipinski definition) is 4. The van der Waals surface area contributed by atoms with Gasteiger partial charge in [0.05, 0.1) is 12.2 Å². The van der Waals surface area contributed by atoms with Gasteiger partial charge in [-0.3, -0.25) is 14.8 Å². The van der Waals surface area contributed by atoms with Gasteiger partial charge in [-0.25, -0.2) is 9.36 Å². The van der Waals surface area contributed by atoms with Crippen LogP contribution in [0.15, 0.2) is 9.59 Å². The third-order valence-electron chi connectivity index (χ3n) is 3.24. The minimum Gasteiger partial charge on any atom is -0.390 e. The predicted molar refractivity (Wildman–Crippen MR) is 65.6 cm³/mol. The SMILES string of the molecule is CC1O[C@@H](n2c(=O)[nH]c3c(=O)[nH]c(N)nc32)C[C@H]1O. The van der Waals surface area contributed by atoms with Gasteiger partial charge in [-0.2, -0.15) is 4.98 Å². The van der Waals surface area contributed by atoms with Crippen LogP contribution in [-0.2, 0) is 4.74 Å². The van der Waals surface area contributed by atoms with Crippen LogP contribution in [0, 0.1) is 0 Å². The number of nitrogens with one attached hydrogen (secondary N) is 2. The van der Waals surface area contributed by atoms with E-state index >= 15 is 0 Å². The van der Waals surface area contributed by atoms with Crippen molar-refractivity contribution in [2.75, 3.05) is 5.73 Å². The Morgan fingerprint density at radius 2 is 2.21 bits per heavy atom. The highest BCUT2D eigenvalue weighted by molar-refractivity contribution is 5.70. The fraction of sp³-hybridized carbons (Fsp3) is 0.500. The van der Waals surface area contributed by atoms with Gasteiger partial charge in [0.15, 0.2) is 11.2 Å². The van der Waals surface area contributed by atoms with E-state index in [0.29, 0.717) is 0 Å². The molecule has 9 nitrogen and oxygen atoms in total. The van der Waals surface area contributed by atoms with E-state index in [1.165, 1.54) is 4.57 Å². The third kappa shape index (κ3) is 1.74. The summed E-state index contributed by atoms with van der Waals surface area (Å²) in [6.07, 6.45) is -1.47. The summed E-state index contributed by atoms with van der Waals surface area (Å²) in [5, 5.41) is 9.68. The van der Waals surface area contributed by atoms with Crippen molar-refractivity contribution in [1.82, 2.24) is 19.5 Å². The van der Waals surface area contributed by atoms with E-state index in [0.717, 1.165) is 0 Å². The van der Waals surface area contributed by atoms with Crippen molar-refractivity contribution in [1.29, 1.82) is 0 Å². The molecule has 0 aliphatic carbocycles. The lowest BCUT2D eigenvalue weighted by Gasteiger charge is -2.11. The van der Waals surface area contributed by atoms with Gasteiger partial charge < -0.3 is 15.6 Å². The maximum atomic E-state index is 11.9. The first-order valence-electron chi connectivity index (χ1n) is 5.81. The summed E-state index contributed by atoms with van der Waals surface area (Å²) in [5.74, 6) is -0.0863. The molecule has 2 aromatic heterocycles. The lowest BCUT2D eigenvalue weighted by Crippen LogP contribution is -2.22. The summed E-state index contributed by atoms with van der Waals surface area (Å²) >= 11 is 0. The zero-order valence-corrected chi connectivity index (χ0v) is 10.1. The van der Waals surface area contributed by atoms with Crippen molar-refractivity contribution in [3.8, 4) is 0 Å². The predicted octanol–water partition coefficient (Wildman–Crippen LogP) is -1.34. The average molecular weight is 267 g/mol. The third-order valence-corrected chi connectivity index (χ3v) is 3.24. The van der Waals surface area contributed by atoms with Crippen LogP contribution in [0.25, 0.3) is 11.2 Å². The van der Waals surface area contributed by atoms with Crippen molar-refractivity contribution in [3.05, 3.63) is 20.8 Å². The van der Waals surface area contributed by atoms with Crippen LogP contribution in [-0.4, -0.2) is 36.8 Å². The molecule has 0 saturated carbocycles. The number of aliphatic hydroxyl groups is 1. The smallest absolute Gasteiger partial charge is 0.329 e. The Morgan fingerprint density at radius 1 is 1.47 bits per heavy atom. The molecule has 9 heteroatoms. The van der Waals surface area contributed by atoms with Gasteiger partial charge in [-0.1, -0.05) is 0 Å². The van der Waals surface area contributed by atoms with Crippen LogP contribution in [0.5, 0.6) is 0 Å². The van der Waals surface area contributed by atoms with Crippen molar-refractivity contribution in [2.24, 2.45) is 0 Å². The number of ether oxygens (including phenoxy) is 1. The number of aromatic nitrogens is 4. The van der Waals surface area contributed by atoms with E-state index in [-0.39, 0.29) is 29.6 Å². The number of H-pyrrole nitrogens is 2. The lowest BCUT2D eigenvalue weighted by molar-refractivity contribution is -0.00764. The second-order valence-electron chi connectivity index (χ2n) is 4.55. The molecular weight excluding hydrogens is 254 g/mol. The molecule has 1 unspecified atom stereocenters. The Bertz CT molecular complexity index is 734. The van der Waals surface area contributed by atoms with E-state index < -0.39 is 23.6 Å². The molecule has 3 heterocycles. The van der Waals surface area contributed by atoms with Crippen molar-refractivity contribution >= 4 is 17.1 Å². The number of aromatic amines is 2. The van der Waals surface area contributed by atoms with E-state index in [4.69, 9.17) is 10.5 Å². The molecule has 3 rings (SSSR count). The second kappa shape index (κ2) is 3.93. The molecule has 0 spiro atoms. The monoisotopic (exact) mass is 267 g/mol. The fourth-order valence-corrected chi connectivity index (χ4v) is 2.25. The molecule has 1 saturated heterocycles. The molecular formula is C10H13N5O4. The molecule has 0 amide bonds. The molecule has 1 fully saturated rings. The van der Waals surface area contributed by atoms with E-state index in [1.807, 2.05) is 0 Å². The maximum Gasteiger partial charge on any atom is 0.329 e. The van der Waals surface area contributed by atoms with E-state index in [1.54, 1.807) is 6.92 Å². The fourth-order valence-electron chi connectivity index (χ4n) is 2.25. The van der Waals surface area contributed by atoms with Crippen LogP contribution >= 0.6 is 0 Å². The standard InChI is InChI=1S/C10H13N5O4/c1-3-4(16)2-5(19-3)15-7-6(12-10(15)18)8(17)14-9(11)13-7/h3-5,16H,2H2,1H3,(H,12,18)(H3,11,13,14,17)/t3?,4-,5-/m1/s1. The van der Waals surface area contributed by atoms with Crippen molar-refractivity contribution in [2.45, 2.75) is 31.8 Å². The normalized spacial score (nSPS) is 27.2. The number of rotatable bonds is 1. The van der Waals surface area contributed by atoms with E-state index in [2.05, 4.69) is 15.0 Å². The highest BCUT2D eigenvalue weighted by Gasteiger charge is 2.34. The minimum atomic E-state index is -0.667. The van der Waals surface area contributed by atoms with Crippen molar-refractivity contribution in [3.63, 3.8) is 0 Å². The van der Waals surface area contributed by atoms with Crippen LogP contribution in [0.3, 0.4) is 0 Å². The minimum absolute atomic E-state index is 0.0387. The molecule has 0 aromatic carbocycles. The number of anilines is 1. The summed E-state index contributed by atoms with van der Waals surface area (Å²) < 4.78 is 6.69. The van der Waals surface area contributed by atoms with Gasteiger partial charge in [0, 0.05) is 6.42 Å². The number of fused-ring (bicyclic) bond motifs is 1. The summed E-state index contributed by atoms with van der Waals surface area (Å²) in [6.45, 7) is 1.71. The van der Waals surface area contributed by atoms with Crippen LogP contribution in [0.4, 0.5) is 5.95 Å². The van der Waals surface area contributed by atoms with Gasteiger partial charge in [-0.15, -0.1) is 0 Å². The van der Waals surface area contributed by atoms with Gasteiger partial charge in [0.2, 0.25) is 5.95 Å². The highest BCUT2D eigenvalue weighted by Crippen LogP contribution is 2.28. The second-order valence-corrected chi connectivity index (χ2v) is 4.55. The highest BCUT2D eigenvalue weighted by atomic mass is 16.5.